The fourth-order valence-electron chi connectivity index (χ4n) is 3.74. The number of rotatable bonds is 6. The molecule has 0 saturated heterocycles. The highest BCUT2D eigenvalue weighted by Gasteiger charge is 2.28. The monoisotopic (exact) mass is 455 g/mol. The zero-order chi connectivity index (χ0) is 22.2. The number of nitrogens with two attached hydrogens (primary N) is 1. The average molecular weight is 456 g/mol. The number of ether oxygens (including phenoxy) is 1. The van der Waals surface area contributed by atoms with E-state index < -0.39 is 10.2 Å². The average Bonchev–Trinajstić information content (AvgIpc) is 3.34. The lowest BCUT2D eigenvalue weighted by Crippen LogP contribution is -2.33. The Balaban J connectivity index is 1.66. The Morgan fingerprint density at radius 2 is 2.13 bits per heavy atom. The summed E-state index contributed by atoms with van der Waals surface area (Å²) in [6.07, 6.45) is 1.30. The maximum absolute atomic E-state index is 11.5. The molecule has 0 radical (unpaired) electrons. The normalized spacial score (nSPS) is 15.6. The molecule has 160 valence electrons. The molecule has 31 heavy (non-hydrogen) atoms. The third kappa shape index (κ3) is 4.60. The Bertz CT molecular complexity index is 1280. The third-order valence-electron chi connectivity index (χ3n) is 4.95. The molecule has 10 heteroatoms. The van der Waals surface area contributed by atoms with Crippen LogP contribution in [0.5, 0.6) is 5.75 Å². The summed E-state index contributed by atoms with van der Waals surface area (Å²) in [4.78, 5) is 4.69. The molecule has 3 aromatic rings. The molecule has 0 fully saturated rings. The number of hydrogen-bond acceptors (Lipinski definition) is 7. The van der Waals surface area contributed by atoms with Gasteiger partial charge < -0.3 is 4.74 Å². The van der Waals surface area contributed by atoms with Crippen LogP contribution >= 0.6 is 11.5 Å². The summed E-state index contributed by atoms with van der Waals surface area (Å²) in [5.41, 5.74) is 4.02. The van der Waals surface area contributed by atoms with E-state index in [0.29, 0.717) is 35.0 Å². The van der Waals surface area contributed by atoms with Crippen LogP contribution in [0.4, 0.5) is 0 Å². The lowest BCUT2D eigenvalue weighted by molar-refractivity contribution is 0.242. The quantitative estimate of drug-likeness (QED) is 0.586. The summed E-state index contributed by atoms with van der Waals surface area (Å²) in [6, 6.07) is 12.9. The van der Waals surface area contributed by atoms with Gasteiger partial charge in [-0.15, -0.1) is 0 Å². The van der Waals surface area contributed by atoms with Crippen LogP contribution < -0.4 is 14.6 Å². The molecular weight excluding hydrogens is 434 g/mol. The minimum Gasteiger partial charge on any atom is -0.490 e. The van der Waals surface area contributed by atoms with Crippen molar-refractivity contribution < 1.29 is 13.2 Å². The molecule has 2 aromatic carbocycles. The molecule has 8 nitrogen and oxygen atoms in total. The first-order chi connectivity index (χ1) is 14.7. The van der Waals surface area contributed by atoms with Crippen LogP contribution in [-0.2, 0) is 16.6 Å². The molecule has 0 unspecified atom stereocenters. The van der Waals surface area contributed by atoms with Crippen molar-refractivity contribution in [3.05, 3.63) is 53.1 Å². The number of aromatic nitrogens is 2. The highest BCUT2D eigenvalue weighted by molar-refractivity contribution is 7.87. The highest BCUT2D eigenvalue weighted by atomic mass is 32.2. The van der Waals surface area contributed by atoms with Gasteiger partial charge in [-0.1, -0.05) is 18.2 Å². The van der Waals surface area contributed by atoms with Crippen LogP contribution in [0.25, 0.3) is 22.0 Å². The summed E-state index contributed by atoms with van der Waals surface area (Å²) in [5, 5.41) is 15.3. The first-order valence-corrected chi connectivity index (χ1v) is 12.0. The minimum atomic E-state index is -3.79. The van der Waals surface area contributed by atoms with E-state index in [1.165, 1.54) is 11.5 Å². The van der Waals surface area contributed by atoms with Gasteiger partial charge in [0.2, 0.25) is 0 Å². The van der Waals surface area contributed by atoms with Gasteiger partial charge in [-0.2, -0.15) is 22.8 Å². The smallest absolute Gasteiger partial charge is 0.274 e. The lowest BCUT2D eigenvalue weighted by atomic mass is 10.0. The molecule has 0 bridgehead atoms. The second-order valence-electron chi connectivity index (χ2n) is 7.54. The Hall–Kier alpha value is -2.84. The molecular formula is C21H21N5O3S2. The van der Waals surface area contributed by atoms with E-state index in [1.807, 2.05) is 38.1 Å². The molecule has 3 N–H and O–H groups in total. The standard InChI is InChI=1S/C21H21N5O3S2/c1-12(2)29-19-9-6-13(10-14(19)11-22)21-24-20(25-30-21)17-5-3-4-16-15(17)7-8-18(16)26-31(23,27)28/h3-6,9-10,12,18,26H,7-8H2,1-2H3,(H2,23,27,28)/t18-/m1/s1. The van der Waals surface area contributed by atoms with Crippen LogP contribution in [0, 0.1) is 11.3 Å². The fraction of sp³-hybridized carbons (Fsp3) is 0.286. The van der Waals surface area contributed by atoms with Gasteiger partial charge in [0, 0.05) is 17.2 Å². The highest BCUT2D eigenvalue weighted by Crippen LogP contribution is 2.38. The van der Waals surface area contributed by atoms with Gasteiger partial charge in [-0.05, 0) is 67.5 Å². The van der Waals surface area contributed by atoms with Crippen molar-refractivity contribution in [1.29, 1.82) is 5.26 Å². The van der Waals surface area contributed by atoms with Crippen LogP contribution in [0.2, 0.25) is 0 Å². The van der Waals surface area contributed by atoms with Gasteiger partial charge in [-0.25, -0.2) is 10.1 Å². The Labute approximate surface area is 185 Å². The molecule has 0 saturated carbocycles. The van der Waals surface area contributed by atoms with Crippen LogP contribution in [0.1, 0.15) is 43.0 Å². The van der Waals surface area contributed by atoms with Crippen LogP contribution in [-0.4, -0.2) is 23.9 Å². The van der Waals surface area contributed by atoms with Crippen molar-refractivity contribution in [2.75, 3.05) is 0 Å². The van der Waals surface area contributed by atoms with Crippen molar-refractivity contribution >= 4 is 21.7 Å². The zero-order valence-corrected chi connectivity index (χ0v) is 18.6. The Morgan fingerprint density at radius 3 is 2.84 bits per heavy atom. The van der Waals surface area contributed by atoms with Crippen LogP contribution in [0.15, 0.2) is 36.4 Å². The second kappa shape index (κ2) is 8.36. The number of nitrogens with one attached hydrogen (secondary N) is 1. The summed E-state index contributed by atoms with van der Waals surface area (Å²) < 4.78 is 35.6. The Morgan fingerprint density at radius 1 is 1.32 bits per heavy atom. The number of hydrogen-bond donors (Lipinski definition) is 2. The van der Waals surface area contributed by atoms with Gasteiger partial charge >= 0.3 is 0 Å². The maximum atomic E-state index is 11.5. The van der Waals surface area contributed by atoms with E-state index in [-0.39, 0.29) is 12.1 Å². The van der Waals surface area contributed by atoms with Gasteiger partial charge in [0.25, 0.3) is 10.2 Å². The van der Waals surface area contributed by atoms with Crippen molar-refractivity contribution in [3.63, 3.8) is 0 Å². The summed E-state index contributed by atoms with van der Waals surface area (Å²) in [6.45, 7) is 3.82. The first-order valence-electron chi connectivity index (χ1n) is 9.72. The molecule has 1 aromatic heterocycles. The van der Waals surface area contributed by atoms with Crippen molar-refractivity contribution in [2.24, 2.45) is 5.14 Å². The number of nitrogens with zero attached hydrogens (tertiary/aromatic N) is 3. The molecule has 0 aliphatic heterocycles. The van der Waals surface area contributed by atoms with E-state index in [1.54, 1.807) is 12.1 Å². The topological polar surface area (TPSA) is 131 Å². The van der Waals surface area contributed by atoms with Gasteiger partial charge in [0.05, 0.1) is 11.7 Å². The molecule has 1 heterocycles. The lowest BCUT2D eigenvalue weighted by Gasteiger charge is -2.12. The van der Waals surface area contributed by atoms with Crippen LogP contribution in [0.3, 0.4) is 0 Å². The van der Waals surface area contributed by atoms with Gasteiger partial charge in [-0.3, -0.25) is 0 Å². The van der Waals surface area contributed by atoms with Crippen molar-refractivity contribution in [1.82, 2.24) is 14.1 Å². The fourth-order valence-corrected chi connectivity index (χ4v) is 5.05. The molecule has 4 rings (SSSR count). The molecule has 1 aliphatic rings. The van der Waals surface area contributed by atoms with Crippen molar-refractivity contribution in [3.8, 4) is 33.8 Å². The molecule has 1 atom stereocenters. The summed E-state index contributed by atoms with van der Waals surface area (Å²) in [5.74, 6) is 1.12. The maximum Gasteiger partial charge on any atom is 0.274 e. The van der Waals surface area contributed by atoms with Crippen molar-refractivity contribution in [2.45, 2.75) is 38.8 Å². The van der Waals surface area contributed by atoms with Gasteiger partial charge in [0.15, 0.2) is 5.82 Å². The zero-order valence-electron chi connectivity index (χ0n) is 17.0. The number of benzene rings is 2. The molecule has 1 aliphatic carbocycles. The molecule has 0 amide bonds. The van der Waals surface area contributed by atoms with E-state index in [9.17, 15) is 13.7 Å². The SMILES string of the molecule is CC(C)Oc1ccc(-c2nc(-c3cccc4c3CC[C@H]4NS(N)(=O)=O)ns2)cc1C#N. The third-order valence-corrected chi connectivity index (χ3v) is 6.33. The minimum absolute atomic E-state index is 0.0289. The van der Waals surface area contributed by atoms with E-state index >= 15 is 0 Å². The summed E-state index contributed by atoms with van der Waals surface area (Å²) >= 11 is 1.25. The second-order valence-corrected chi connectivity index (χ2v) is 9.62. The van der Waals surface area contributed by atoms with E-state index in [2.05, 4.69) is 20.1 Å². The van der Waals surface area contributed by atoms with E-state index in [0.717, 1.165) is 22.3 Å². The van der Waals surface area contributed by atoms with Gasteiger partial charge in [0.1, 0.15) is 16.8 Å². The first kappa shape index (κ1) is 21.4. The predicted molar refractivity (Wildman–Crippen MR) is 119 cm³/mol. The number of nitriles is 1. The molecule has 0 spiro atoms. The predicted octanol–water partition coefficient (Wildman–Crippen LogP) is 3.31. The largest absolute Gasteiger partial charge is 0.490 e. The van der Waals surface area contributed by atoms with E-state index in [4.69, 9.17) is 9.88 Å². The Kier molecular flexibility index (Phi) is 5.77. The number of fused-ring (bicyclic) bond motifs is 1. The summed E-state index contributed by atoms with van der Waals surface area (Å²) in [7, 11) is -3.79.